The molecule has 5 aromatic rings. The molecule has 1 unspecified atom stereocenters. The highest BCUT2D eigenvalue weighted by molar-refractivity contribution is 5.98. The highest BCUT2D eigenvalue weighted by Gasteiger charge is 2.24. The fraction of sp³-hybridized carbons (Fsp3) is 0.211. The predicted molar refractivity (Wildman–Crippen MR) is 181 cm³/mol. The van der Waals surface area contributed by atoms with Crippen LogP contribution in [0.1, 0.15) is 44.9 Å². The van der Waals surface area contributed by atoms with Gasteiger partial charge in [-0.05, 0) is 74.0 Å². The van der Waals surface area contributed by atoms with E-state index in [1.807, 2.05) is 82.3 Å². The number of rotatable bonds is 9. The molecule has 0 aliphatic carbocycles. The lowest BCUT2D eigenvalue weighted by molar-refractivity contribution is -0.136. The highest BCUT2D eigenvalue weighted by Crippen LogP contribution is 2.28. The number of ether oxygens (including phenoxy) is 1. The van der Waals surface area contributed by atoms with Gasteiger partial charge in [0.2, 0.25) is 5.91 Å². The van der Waals surface area contributed by atoms with Crippen molar-refractivity contribution >= 4 is 34.3 Å². The fourth-order valence-corrected chi connectivity index (χ4v) is 5.33. The number of carboxylic acids is 1. The lowest BCUT2D eigenvalue weighted by Crippen LogP contribution is -2.28. The van der Waals surface area contributed by atoms with Crippen LogP contribution in [-0.4, -0.2) is 34.5 Å². The van der Waals surface area contributed by atoms with E-state index in [0.717, 1.165) is 38.6 Å². The standard InChI is InChI=1S/C28H27N3O3.C10H12O2/c1-18-11-19(2)13-20(12-18)14-27(32)34-26-6-4-3-5-24(26)25(16-29)28(33)31-23-8-7-22-17-30-10-9-21(22)15-23;1-7-3-4-9(6-10(11)12)8(2)5-7/h3-13,15,17,25H,14,16,29H2,1-2H3,(H,31,33);3-5H,6H2,1-2H3,(H,11,12). The third-order valence-electron chi connectivity index (χ3n) is 7.45. The van der Waals surface area contributed by atoms with E-state index in [0.29, 0.717) is 17.0 Å². The number of hydrogen-bond donors (Lipinski definition) is 3. The Balaban J connectivity index is 0.000000337. The van der Waals surface area contributed by atoms with Crippen LogP contribution in [-0.2, 0) is 27.2 Å². The molecule has 8 nitrogen and oxygen atoms in total. The summed E-state index contributed by atoms with van der Waals surface area (Å²) >= 11 is 0. The molecule has 0 aliphatic rings. The van der Waals surface area contributed by atoms with E-state index < -0.39 is 17.9 Å². The highest BCUT2D eigenvalue weighted by atomic mass is 16.5. The molecule has 0 radical (unpaired) electrons. The molecular formula is C38H39N3O5. The van der Waals surface area contributed by atoms with E-state index in [1.165, 1.54) is 5.56 Å². The van der Waals surface area contributed by atoms with Crippen LogP contribution in [0.15, 0.2) is 97.3 Å². The second-order valence-corrected chi connectivity index (χ2v) is 11.4. The van der Waals surface area contributed by atoms with Crippen LogP contribution in [0.4, 0.5) is 5.69 Å². The summed E-state index contributed by atoms with van der Waals surface area (Å²) in [6, 6.07) is 26.3. The molecule has 5 rings (SSSR count). The van der Waals surface area contributed by atoms with Crippen molar-refractivity contribution in [1.82, 2.24) is 4.98 Å². The van der Waals surface area contributed by atoms with Gasteiger partial charge in [-0.2, -0.15) is 0 Å². The first-order valence-corrected chi connectivity index (χ1v) is 15.0. The predicted octanol–water partition coefficient (Wildman–Crippen LogP) is 6.61. The zero-order valence-electron chi connectivity index (χ0n) is 26.5. The van der Waals surface area contributed by atoms with Crippen molar-refractivity contribution in [3.05, 3.63) is 136 Å². The molecule has 1 aromatic heterocycles. The number of aromatic nitrogens is 1. The van der Waals surface area contributed by atoms with E-state index in [9.17, 15) is 14.4 Å². The van der Waals surface area contributed by atoms with E-state index in [1.54, 1.807) is 36.7 Å². The maximum absolute atomic E-state index is 13.1. The summed E-state index contributed by atoms with van der Waals surface area (Å²) in [7, 11) is 0. The fourth-order valence-electron chi connectivity index (χ4n) is 5.33. The first-order valence-electron chi connectivity index (χ1n) is 15.0. The number of carbonyl (C=O) groups excluding carboxylic acids is 2. The summed E-state index contributed by atoms with van der Waals surface area (Å²) in [5.41, 5.74) is 13.4. The number of nitrogens with zero attached hydrogens (tertiary/aromatic N) is 1. The van der Waals surface area contributed by atoms with Crippen molar-refractivity contribution in [2.24, 2.45) is 5.73 Å². The minimum Gasteiger partial charge on any atom is -0.481 e. The van der Waals surface area contributed by atoms with Gasteiger partial charge < -0.3 is 20.9 Å². The minimum absolute atomic E-state index is 0.0645. The summed E-state index contributed by atoms with van der Waals surface area (Å²) in [6.07, 6.45) is 3.74. The number of benzene rings is 4. The van der Waals surface area contributed by atoms with Gasteiger partial charge in [0, 0.05) is 35.6 Å². The van der Waals surface area contributed by atoms with Gasteiger partial charge in [-0.1, -0.05) is 77.4 Å². The lowest BCUT2D eigenvalue weighted by Gasteiger charge is -2.18. The number of hydrogen-bond acceptors (Lipinski definition) is 6. The number of nitrogens with two attached hydrogens (primary N) is 1. The topological polar surface area (TPSA) is 132 Å². The van der Waals surface area contributed by atoms with Gasteiger partial charge in [0.15, 0.2) is 0 Å². The van der Waals surface area contributed by atoms with Crippen molar-refractivity contribution in [1.29, 1.82) is 0 Å². The minimum atomic E-state index is -0.776. The Hall–Kier alpha value is -5.34. The average Bonchev–Trinajstić information content (AvgIpc) is 2.99. The smallest absolute Gasteiger partial charge is 0.315 e. The van der Waals surface area contributed by atoms with Crippen molar-refractivity contribution in [3.63, 3.8) is 0 Å². The number of amides is 1. The van der Waals surface area contributed by atoms with Crippen molar-refractivity contribution in [2.75, 3.05) is 11.9 Å². The van der Waals surface area contributed by atoms with Gasteiger partial charge in [-0.3, -0.25) is 19.4 Å². The van der Waals surface area contributed by atoms with Crippen LogP contribution >= 0.6 is 0 Å². The number of nitrogens with one attached hydrogen (secondary N) is 1. The lowest BCUT2D eigenvalue weighted by atomic mass is 9.97. The first-order chi connectivity index (χ1) is 22.0. The molecule has 0 fully saturated rings. The summed E-state index contributed by atoms with van der Waals surface area (Å²) < 4.78 is 5.69. The van der Waals surface area contributed by atoms with Gasteiger partial charge in [0.25, 0.3) is 0 Å². The molecular weight excluding hydrogens is 578 g/mol. The summed E-state index contributed by atoms with van der Waals surface area (Å²) in [4.78, 5) is 40.3. The summed E-state index contributed by atoms with van der Waals surface area (Å²) in [5.74, 6) is -1.78. The van der Waals surface area contributed by atoms with Gasteiger partial charge >= 0.3 is 11.9 Å². The van der Waals surface area contributed by atoms with Gasteiger partial charge in [-0.15, -0.1) is 0 Å². The molecule has 4 aromatic carbocycles. The van der Waals surface area contributed by atoms with Crippen molar-refractivity contribution in [2.45, 2.75) is 46.5 Å². The molecule has 0 saturated carbocycles. The molecule has 0 aliphatic heterocycles. The quantitative estimate of drug-likeness (QED) is 0.125. The number of esters is 1. The maximum Gasteiger partial charge on any atom is 0.315 e. The van der Waals surface area contributed by atoms with Crippen LogP contribution in [0.3, 0.4) is 0 Å². The van der Waals surface area contributed by atoms with E-state index >= 15 is 0 Å². The molecule has 8 heteroatoms. The van der Waals surface area contributed by atoms with Crippen LogP contribution in [0.2, 0.25) is 0 Å². The van der Waals surface area contributed by atoms with Crippen molar-refractivity contribution in [3.8, 4) is 5.75 Å². The van der Waals surface area contributed by atoms with Crippen LogP contribution < -0.4 is 15.8 Å². The zero-order chi connectivity index (χ0) is 33.2. The molecule has 1 amide bonds. The summed E-state index contributed by atoms with van der Waals surface area (Å²) in [6.45, 7) is 7.99. The number of anilines is 1. The normalized spacial score (nSPS) is 11.2. The maximum atomic E-state index is 13.1. The van der Waals surface area contributed by atoms with Gasteiger partial charge in [0.05, 0.1) is 18.8 Å². The second kappa shape index (κ2) is 15.6. The second-order valence-electron chi connectivity index (χ2n) is 11.4. The number of aryl methyl sites for hydroxylation is 4. The Bertz CT molecular complexity index is 1850. The van der Waals surface area contributed by atoms with Crippen LogP contribution in [0.25, 0.3) is 10.8 Å². The SMILES string of the molecule is Cc1cc(C)cc(CC(=O)Oc2ccccc2C(CN)C(=O)Nc2ccc3cnccc3c2)c1.Cc1ccc(CC(=O)O)c(C)c1. The monoisotopic (exact) mass is 617 g/mol. The first kappa shape index (κ1) is 33.6. The van der Waals surface area contributed by atoms with Crippen LogP contribution in [0.5, 0.6) is 5.75 Å². The van der Waals surface area contributed by atoms with Crippen molar-refractivity contribution < 1.29 is 24.2 Å². The Morgan fingerprint density at radius 3 is 2.26 bits per heavy atom. The molecule has 0 spiro atoms. The van der Waals surface area contributed by atoms with Crippen LogP contribution in [0, 0.1) is 27.7 Å². The molecule has 46 heavy (non-hydrogen) atoms. The molecule has 4 N–H and O–H groups in total. The van der Waals surface area contributed by atoms with Gasteiger partial charge in [-0.25, -0.2) is 0 Å². The number of carbonyl (C=O) groups is 3. The zero-order valence-corrected chi connectivity index (χ0v) is 26.5. The summed E-state index contributed by atoms with van der Waals surface area (Å²) in [5, 5.41) is 13.5. The van der Waals surface area contributed by atoms with E-state index in [-0.39, 0.29) is 25.3 Å². The Morgan fingerprint density at radius 2 is 1.57 bits per heavy atom. The molecule has 0 saturated heterocycles. The van der Waals surface area contributed by atoms with E-state index in [4.69, 9.17) is 15.6 Å². The van der Waals surface area contributed by atoms with E-state index in [2.05, 4.69) is 16.4 Å². The number of para-hydroxylation sites is 1. The molecule has 1 heterocycles. The molecule has 0 bridgehead atoms. The largest absolute Gasteiger partial charge is 0.481 e. The Kier molecular flexibility index (Phi) is 11.4. The van der Waals surface area contributed by atoms with Gasteiger partial charge in [0.1, 0.15) is 5.75 Å². The third kappa shape index (κ3) is 9.33. The molecule has 236 valence electrons. The third-order valence-corrected chi connectivity index (χ3v) is 7.45. The molecule has 1 atom stereocenters. The average molecular weight is 618 g/mol. The number of carboxylic acid groups (broad SMARTS) is 1. The number of aliphatic carboxylic acids is 1. The Labute approximate surface area is 269 Å². The number of pyridine rings is 1. The number of fused-ring (bicyclic) bond motifs is 1. The Morgan fingerprint density at radius 1 is 0.826 bits per heavy atom.